The minimum Gasteiger partial charge on any atom is -0.455 e. The molecule has 8 atom stereocenters. The molecule has 0 aromatic rings. The lowest BCUT2D eigenvalue weighted by Crippen LogP contribution is -2.58. The molecular formula is C20H28O5. The zero-order valence-electron chi connectivity index (χ0n) is 14.8. The first-order valence-electron chi connectivity index (χ1n) is 9.78. The van der Waals surface area contributed by atoms with Gasteiger partial charge in [-0.15, -0.1) is 0 Å². The molecule has 0 aromatic heterocycles. The smallest absolute Gasteiger partial charge is 0.331 e. The minimum atomic E-state index is -1.35. The maximum Gasteiger partial charge on any atom is 0.331 e. The van der Waals surface area contributed by atoms with Gasteiger partial charge in [-0.25, -0.2) is 4.79 Å². The van der Waals surface area contributed by atoms with Gasteiger partial charge in [-0.05, 0) is 73.7 Å². The Balaban J connectivity index is 1.56. The molecule has 1 heterocycles. The Labute approximate surface area is 148 Å². The van der Waals surface area contributed by atoms with Crippen LogP contribution in [-0.4, -0.2) is 45.7 Å². The molecule has 3 N–H and O–H groups in total. The molecule has 2 bridgehead atoms. The van der Waals surface area contributed by atoms with E-state index in [1.54, 1.807) is 6.08 Å². The largest absolute Gasteiger partial charge is 0.455 e. The summed E-state index contributed by atoms with van der Waals surface area (Å²) in [6.07, 6.45) is 7.13. The van der Waals surface area contributed by atoms with Gasteiger partial charge in [-0.2, -0.15) is 0 Å². The van der Waals surface area contributed by atoms with E-state index in [4.69, 9.17) is 4.74 Å². The van der Waals surface area contributed by atoms with E-state index in [0.29, 0.717) is 11.8 Å². The van der Waals surface area contributed by atoms with Gasteiger partial charge in [0.15, 0.2) is 0 Å². The first kappa shape index (κ1) is 16.3. The Hall–Kier alpha value is -0.910. The van der Waals surface area contributed by atoms with Gasteiger partial charge in [-0.1, -0.05) is 6.92 Å². The third-order valence-electron chi connectivity index (χ3n) is 8.86. The number of aliphatic hydroxyl groups excluding tert-OH is 2. The Morgan fingerprint density at radius 2 is 2.04 bits per heavy atom. The molecule has 138 valence electrons. The van der Waals surface area contributed by atoms with Gasteiger partial charge in [-0.3, -0.25) is 0 Å². The standard InChI is InChI=1S/C20H28O5/c1-18-6-5-14-12(8-16(22)25-14)13(18)4-7-19-9-11(2-3-15(18)19)20(24,10-21)17(19)23/h8,11,13-15,17,21,23-24H,2-7,9-10H2,1H3/t11-,13?,14-,15?,17-,18-,19-,20+/m1/s1. The van der Waals surface area contributed by atoms with Crippen LogP contribution in [-0.2, 0) is 9.53 Å². The summed E-state index contributed by atoms with van der Waals surface area (Å²) in [6.45, 7) is 1.97. The topological polar surface area (TPSA) is 87.0 Å². The molecule has 25 heavy (non-hydrogen) atoms. The SMILES string of the molecule is C[C@@]12CC[C@H]3OC(=O)C=C3C1CC[C@@]13C[C@@H](CCC21)[C@@](O)(CO)[C@@H]3O. The van der Waals surface area contributed by atoms with E-state index < -0.39 is 11.7 Å². The van der Waals surface area contributed by atoms with Crippen LogP contribution in [0.4, 0.5) is 0 Å². The number of aliphatic hydroxyl groups is 3. The van der Waals surface area contributed by atoms with Gasteiger partial charge in [0.25, 0.3) is 0 Å². The average molecular weight is 348 g/mol. The van der Waals surface area contributed by atoms with Gasteiger partial charge in [0.2, 0.25) is 0 Å². The van der Waals surface area contributed by atoms with Gasteiger partial charge in [0.1, 0.15) is 11.7 Å². The van der Waals surface area contributed by atoms with E-state index in [-0.39, 0.29) is 35.4 Å². The first-order valence-corrected chi connectivity index (χ1v) is 9.78. The van der Waals surface area contributed by atoms with E-state index in [1.807, 2.05) is 0 Å². The summed E-state index contributed by atoms with van der Waals surface area (Å²) in [5.41, 5.74) is -0.439. The number of fused-ring (bicyclic) bond motifs is 5. The fourth-order valence-electron chi connectivity index (χ4n) is 7.77. The van der Waals surface area contributed by atoms with Gasteiger partial charge in [0, 0.05) is 11.5 Å². The maximum atomic E-state index is 11.8. The highest BCUT2D eigenvalue weighted by atomic mass is 16.5. The van der Waals surface area contributed by atoms with Crippen molar-refractivity contribution in [1.82, 2.24) is 0 Å². The lowest BCUT2D eigenvalue weighted by atomic mass is 9.44. The first-order chi connectivity index (χ1) is 11.8. The minimum absolute atomic E-state index is 0.00385. The molecule has 5 nitrogen and oxygen atoms in total. The van der Waals surface area contributed by atoms with Crippen LogP contribution in [0.5, 0.6) is 0 Å². The van der Waals surface area contributed by atoms with Crippen LogP contribution in [0.25, 0.3) is 0 Å². The summed E-state index contributed by atoms with van der Waals surface area (Å²) >= 11 is 0. The fourth-order valence-corrected chi connectivity index (χ4v) is 7.77. The molecule has 2 unspecified atom stereocenters. The van der Waals surface area contributed by atoms with E-state index in [2.05, 4.69) is 6.92 Å². The van der Waals surface area contributed by atoms with Crippen LogP contribution in [0.1, 0.15) is 51.9 Å². The molecule has 0 saturated heterocycles. The predicted octanol–water partition coefficient (Wildman–Crippen LogP) is 1.55. The van der Waals surface area contributed by atoms with Crippen LogP contribution in [0.15, 0.2) is 11.6 Å². The number of esters is 1. The average Bonchev–Trinajstić information content (AvgIpc) is 3.05. The number of hydrogen-bond donors (Lipinski definition) is 3. The molecule has 1 aliphatic heterocycles. The van der Waals surface area contributed by atoms with E-state index in [0.717, 1.165) is 44.9 Å². The third-order valence-corrected chi connectivity index (χ3v) is 8.86. The maximum absolute atomic E-state index is 11.8. The van der Waals surface area contributed by atoms with Crippen molar-refractivity contribution in [2.45, 2.75) is 69.7 Å². The molecule has 4 aliphatic carbocycles. The number of carbonyl (C=O) groups is 1. The highest BCUT2D eigenvalue weighted by molar-refractivity contribution is 5.86. The van der Waals surface area contributed by atoms with E-state index >= 15 is 0 Å². The van der Waals surface area contributed by atoms with Crippen molar-refractivity contribution in [3.63, 3.8) is 0 Å². The molecular weight excluding hydrogens is 320 g/mol. The molecule has 0 amide bonds. The summed E-state index contributed by atoms with van der Waals surface area (Å²) in [7, 11) is 0. The van der Waals surface area contributed by atoms with Gasteiger partial charge >= 0.3 is 5.97 Å². The van der Waals surface area contributed by atoms with Gasteiger partial charge in [0.05, 0.1) is 12.7 Å². The highest BCUT2D eigenvalue weighted by Gasteiger charge is 2.71. The van der Waals surface area contributed by atoms with Crippen molar-refractivity contribution in [1.29, 1.82) is 0 Å². The Kier molecular flexibility index (Phi) is 3.17. The number of ether oxygens (including phenoxy) is 1. The number of rotatable bonds is 1. The van der Waals surface area contributed by atoms with Crippen molar-refractivity contribution in [2.75, 3.05) is 6.61 Å². The second kappa shape index (κ2) is 4.87. The predicted molar refractivity (Wildman–Crippen MR) is 89.3 cm³/mol. The zero-order valence-corrected chi connectivity index (χ0v) is 14.8. The Morgan fingerprint density at radius 1 is 1.24 bits per heavy atom. The normalized spacial score (nSPS) is 56.6. The highest BCUT2D eigenvalue weighted by Crippen LogP contribution is 2.71. The number of hydrogen-bond acceptors (Lipinski definition) is 5. The molecule has 0 aromatic carbocycles. The van der Waals surface area contributed by atoms with E-state index in [9.17, 15) is 20.1 Å². The van der Waals surface area contributed by atoms with Crippen molar-refractivity contribution in [2.24, 2.45) is 28.6 Å². The molecule has 1 spiro atoms. The van der Waals surface area contributed by atoms with Crippen molar-refractivity contribution in [3.8, 4) is 0 Å². The summed E-state index contributed by atoms with van der Waals surface area (Å²) in [6, 6.07) is 0. The second-order valence-electron chi connectivity index (χ2n) is 9.52. The Bertz CT molecular complexity index is 658. The summed E-state index contributed by atoms with van der Waals surface area (Å²) in [5, 5.41) is 31.9. The van der Waals surface area contributed by atoms with Crippen LogP contribution < -0.4 is 0 Å². The van der Waals surface area contributed by atoms with Gasteiger partial charge < -0.3 is 20.1 Å². The monoisotopic (exact) mass is 348 g/mol. The number of carbonyl (C=O) groups excluding carboxylic acids is 1. The second-order valence-corrected chi connectivity index (χ2v) is 9.52. The molecule has 4 fully saturated rings. The third kappa shape index (κ3) is 1.77. The molecule has 4 saturated carbocycles. The summed E-state index contributed by atoms with van der Waals surface area (Å²) < 4.78 is 5.47. The quantitative estimate of drug-likeness (QED) is 0.626. The van der Waals surface area contributed by atoms with Crippen LogP contribution in [0, 0.1) is 28.6 Å². The molecule has 0 radical (unpaired) electrons. The molecule has 5 heteroatoms. The van der Waals surface area contributed by atoms with Crippen molar-refractivity contribution >= 4 is 5.97 Å². The summed E-state index contributed by atoms with van der Waals surface area (Å²) in [4.78, 5) is 11.8. The van der Waals surface area contributed by atoms with Crippen molar-refractivity contribution < 1.29 is 24.9 Å². The fraction of sp³-hybridized carbons (Fsp3) is 0.850. The van der Waals surface area contributed by atoms with Crippen molar-refractivity contribution in [3.05, 3.63) is 11.6 Å². The zero-order chi connectivity index (χ0) is 17.6. The summed E-state index contributed by atoms with van der Waals surface area (Å²) in [5.74, 6) is 0.447. The van der Waals surface area contributed by atoms with Crippen LogP contribution in [0.3, 0.4) is 0 Å². The molecule has 5 aliphatic rings. The van der Waals surface area contributed by atoms with Crippen LogP contribution >= 0.6 is 0 Å². The lowest BCUT2D eigenvalue weighted by molar-refractivity contribution is -0.169. The van der Waals surface area contributed by atoms with E-state index in [1.165, 1.54) is 5.57 Å². The van der Waals surface area contributed by atoms with Crippen LogP contribution in [0.2, 0.25) is 0 Å². The Morgan fingerprint density at radius 3 is 2.80 bits per heavy atom. The lowest BCUT2D eigenvalue weighted by Gasteiger charge is -2.61. The molecule has 5 rings (SSSR count).